The highest BCUT2D eigenvalue weighted by Crippen LogP contribution is 2.33. The molecule has 112 valence electrons. The van der Waals surface area contributed by atoms with E-state index in [1.807, 2.05) is 0 Å². The molecule has 0 bridgehead atoms. The normalized spacial score (nSPS) is 12.0. The fourth-order valence-corrected chi connectivity index (χ4v) is 1.95. The third kappa shape index (κ3) is 3.09. The van der Waals surface area contributed by atoms with Gasteiger partial charge in [-0.15, -0.1) is 0 Å². The molecule has 0 radical (unpaired) electrons. The van der Waals surface area contributed by atoms with E-state index in [4.69, 9.17) is 9.68 Å². The second-order valence-electron chi connectivity index (χ2n) is 4.47. The van der Waals surface area contributed by atoms with Gasteiger partial charge < -0.3 is 4.42 Å². The lowest BCUT2D eigenvalue weighted by Gasteiger charge is -2.10. The number of hydrogen-bond acceptors (Lipinski definition) is 3. The van der Waals surface area contributed by atoms with Crippen molar-refractivity contribution in [3.63, 3.8) is 0 Å². The van der Waals surface area contributed by atoms with Crippen LogP contribution >= 0.6 is 0 Å². The summed E-state index contributed by atoms with van der Waals surface area (Å²) in [6.45, 7) is 1.53. The number of Topliss-reactive ketones (excluding diaryl/α,β-unsaturated/α-hetero) is 1. The fraction of sp³-hybridized carbons (Fsp3) is 0.125. The van der Waals surface area contributed by atoms with Gasteiger partial charge in [-0.05, 0) is 30.7 Å². The number of allylic oxidation sites excluding steroid dienone is 1. The number of aryl methyl sites for hydroxylation is 1. The van der Waals surface area contributed by atoms with Crippen LogP contribution < -0.4 is 0 Å². The van der Waals surface area contributed by atoms with Crippen molar-refractivity contribution < 1.29 is 22.4 Å². The van der Waals surface area contributed by atoms with Crippen LogP contribution in [0.2, 0.25) is 0 Å². The number of halogens is 3. The van der Waals surface area contributed by atoms with Gasteiger partial charge in [-0.1, -0.05) is 18.2 Å². The summed E-state index contributed by atoms with van der Waals surface area (Å²) in [5, 5.41) is 9.09. The molecule has 0 N–H and O–H groups in total. The zero-order valence-corrected chi connectivity index (χ0v) is 11.4. The van der Waals surface area contributed by atoms with E-state index in [0.29, 0.717) is 5.76 Å². The van der Waals surface area contributed by atoms with Crippen LogP contribution in [0.15, 0.2) is 46.6 Å². The molecule has 0 unspecified atom stereocenters. The number of rotatable bonds is 3. The van der Waals surface area contributed by atoms with Crippen LogP contribution in [0.1, 0.15) is 27.2 Å². The summed E-state index contributed by atoms with van der Waals surface area (Å²) in [4.78, 5) is 12.2. The van der Waals surface area contributed by atoms with Crippen molar-refractivity contribution in [2.24, 2.45) is 0 Å². The van der Waals surface area contributed by atoms with E-state index in [9.17, 15) is 18.0 Å². The molecule has 0 aliphatic rings. The first-order chi connectivity index (χ1) is 10.3. The molecule has 2 rings (SSSR count). The summed E-state index contributed by atoms with van der Waals surface area (Å²) in [5.74, 6) is -0.374. The number of alkyl halides is 3. The Hall–Kier alpha value is -2.81. The van der Waals surface area contributed by atoms with E-state index in [0.717, 1.165) is 12.1 Å². The largest absolute Gasteiger partial charge is 0.469 e. The molecule has 6 heteroatoms. The van der Waals surface area contributed by atoms with Gasteiger partial charge in [0.25, 0.3) is 0 Å². The van der Waals surface area contributed by atoms with Gasteiger partial charge in [0.2, 0.25) is 5.78 Å². The van der Waals surface area contributed by atoms with Crippen LogP contribution in [0.4, 0.5) is 13.2 Å². The van der Waals surface area contributed by atoms with Gasteiger partial charge in [-0.25, -0.2) is 0 Å². The third-order valence-corrected chi connectivity index (χ3v) is 3.03. The molecule has 22 heavy (non-hydrogen) atoms. The van der Waals surface area contributed by atoms with Crippen LogP contribution in [0.5, 0.6) is 0 Å². The predicted octanol–water partition coefficient (Wildman–Crippen LogP) is 4.40. The number of nitrogens with zero attached hydrogens (tertiary/aromatic N) is 1. The number of ketones is 1. The topological polar surface area (TPSA) is 54.0 Å². The average molecular weight is 305 g/mol. The van der Waals surface area contributed by atoms with Gasteiger partial charge in [0.05, 0.1) is 17.4 Å². The standard InChI is InChI=1S/C16H10F3NO2/c1-10-13(6-7-22-10)15(21)12(9-20)8-11-4-2-3-5-14(11)16(17,18)19/h2-8H,1H3/b12-8+. The lowest BCUT2D eigenvalue weighted by atomic mass is 9.99. The van der Waals surface area contributed by atoms with E-state index in [1.54, 1.807) is 6.07 Å². The highest BCUT2D eigenvalue weighted by Gasteiger charge is 2.32. The Morgan fingerprint density at radius 2 is 1.95 bits per heavy atom. The molecule has 1 heterocycles. The molecular formula is C16H10F3NO2. The van der Waals surface area contributed by atoms with Gasteiger partial charge in [0.1, 0.15) is 17.4 Å². The maximum atomic E-state index is 12.9. The maximum Gasteiger partial charge on any atom is 0.416 e. The first-order valence-corrected chi connectivity index (χ1v) is 6.21. The second-order valence-corrected chi connectivity index (χ2v) is 4.47. The van der Waals surface area contributed by atoms with Crippen LogP contribution in [-0.4, -0.2) is 5.78 Å². The summed E-state index contributed by atoms with van der Waals surface area (Å²) >= 11 is 0. The van der Waals surface area contributed by atoms with Gasteiger partial charge in [0.15, 0.2) is 0 Å². The molecule has 1 aromatic heterocycles. The van der Waals surface area contributed by atoms with E-state index in [1.165, 1.54) is 37.5 Å². The maximum absolute atomic E-state index is 12.9. The minimum absolute atomic E-state index is 0.150. The molecule has 0 saturated carbocycles. The Kier molecular flexibility index (Phi) is 4.18. The SMILES string of the molecule is Cc1occc1C(=O)/C(C#N)=C/c1ccccc1C(F)(F)F. The lowest BCUT2D eigenvalue weighted by Crippen LogP contribution is -2.08. The Labute approximate surface area is 124 Å². The minimum Gasteiger partial charge on any atom is -0.469 e. The smallest absolute Gasteiger partial charge is 0.416 e. The van der Waals surface area contributed by atoms with Gasteiger partial charge in [-0.2, -0.15) is 18.4 Å². The van der Waals surface area contributed by atoms with E-state index in [2.05, 4.69) is 0 Å². The Morgan fingerprint density at radius 3 is 2.50 bits per heavy atom. The molecule has 0 fully saturated rings. The predicted molar refractivity (Wildman–Crippen MR) is 72.8 cm³/mol. The molecule has 1 aromatic carbocycles. The van der Waals surface area contributed by atoms with Crippen LogP contribution in [0.3, 0.4) is 0 Å². The van der Waals surface area contributed by atoms with Gasteiger partial charge in [-0.3, -0.25) is 4.79 Å². The van der Waals surface area contributed by atoms with Crippen molar-refractivity contribution in [2.75, 3.05) is 0 Å². The molecule has 0 aliphatic heterocycles. The summed E-state index contributed by atoms with van der Waals surface area (Å²) in [6.07, 6.45) is -2.35. The molecule has 0 amide bonds. The quantitative estimate of drug-likeness (QED) is 0.480. The summed E-state index contributed by atoms with van der Waals surface area (Å²) in [5.41, 5.74) is -1.38. The van der Waals surface area contributed by atoms with Gasteiger partial charge in [0, 0.05) is 0 Å². The number of carbonyl (C=O) groups excluding carboxylic acids is 1. The van der Waals surface area contributed by atoms with E-state index in [-0.39, 0.29) is 16.7 Å². The van der Waals surface area contributed by atoms with Crippen LogP contribution in [-0.2, 0) is 6.18 Å². The van der Waals surface area contributed by atoms with Crippen molar-refractivity contribution in [3.05, 3.63) is 64.6 Å². The van der Waals surface area contributed by atoms with Crippen LogP contribution in [0, 0.1) is 18.3 Å². The highest BCUT2D eigenvalue weighted by molar-refractivity contribution is 6.14. The van der Waals surface area contributed by atoms with E-state index >= 15 is 0 Å². The lowest BCUT2D eigenvalue weighted by molar-refractivity contribution is -0.137. The molecule has 0 aliphatic carbocycles. The van der Waals surface area contributed by atoms with Crippen molar-refractivity contribution in [1.82, 2.24) is 0 Å². The molecule has 2 aromatic rings. The zero-order chi connectivity index (χ0) is 16.3. The number of furan rings is 1. The minimum atomic E-state index is -4.57. The fourth-order valence-electron chi connectivity index (χ4n) is 1.95. The first kappa shape index (κ1) is 15.6. The molecule has 0 atom stereocenters. The Balaban J connectivity index is 2.50. The zero-order valence-electron chi connectivity index (χ0n) is 11.4. The average Bonchev–Trinajstić information content (AvgIpc) is 2.89. The van der Waals surface area contributed by atoms with Gasteiger partial charge >= 0.3 is 6.18 Å². The molecule has 0 saturated heterocycles. The number of benzene rings is 1. The molecular weight excluding hydrogens is 295 g/mol. The molecule has 3 nitrogen and oxygen atoms in total. The first-order valence-electron chi connectivity index (χ1n) is 6.21. The van der Waals surface area contributed by atoms with Crippen molar-refractivity contribution in [1.29, 1.82) is 5.26 Å². The Morgan fingerprint density at radius 1 is 1.27 bits per heavy atom. The monoisotopic (exact) mass is 305 g/mol. The van der Waals surface area contributed by atoms with Crippen molar-refractivity contribution in [2.45, 2.75) is 13.1 Å². The number of hydrogen-bond donors (Lipinski definition) is 0. The third-order valence-electron chi connectivity index (χ3n) is 3.03. The Bertz CT molecular complexity index is 779. The highest BCUT2D eigenvalue weighted by atomic mass is 19.4. The summed E-state index contributed by atoms with van der Waals surface area (Å²) in [6, 6.07) is 7.77. The van der Waals surface area contributed by atoms with Crippen molar-refractivity contribution >= 4 is 11.9 Å². The van der Waals surface area contributed by atoms with Crippen LogP contribution in [0.25, 0.3) is 6.08 Å². The number of nitriles is 1. The van der Waals surface area contributed by atoms with E-state index < -0.39 is 17.5 Å². The number of carbonyl (C=O) groups is 1. The summed E-state index contributed by atoms with van der Waals surface area (Å²) in [7, 11) is 0. The van der Waals surface area contributed by atoms with Crippen molar-refractivity contribution in [3.8, 4) is 6.07 Å². The molecule has 0 spiro atoms. The second kappa shape index (κ2) is 5.90. The summed E-state index contributed by atoms with van der Waals surface area (Å²) < 4.78 is 43.8.